The highest BCUT2D eigenvalue weighted by atomic mass is 15.2. The van der Waals surface area contributed by atoms with E-state index in [4.69, 9.17) is 0 Å². The molecule has 1 aromatic rings. The van der Waals surface area contributed by atoms with Crippen LogP contribution in [0.4, 0.5) is 5.82 Å². The van der Waals surface area contributed by atoms with Crippen molar-refractivity contribution in [3.8, 4) is 0 Å². The van der Waals surface area contributed by atoms with Gasteiger partial charge in [0.05, 0.1) is 6.20 Å². The molecule has 0 saturated carbocycles. The van der Waals surface area contributed by atoms with E-state index in [0.717, 1.165) is 17.9 Å². The fourth-order valence-corrected chi connectivity index (χ4v) is 2.48. The zero-order valence-electron chi connectivity index (χ0n) is 11.5. The fraction of sp³-hybridized carbons (Fsp3) is 0.714. The van der Waals surface area contributed by atoms with E-state index in [1.54, 1.807) is 6.20 Å². The van der Waals surface area contributed by atoms with Gasteiger partial charge in [-0.05, 0) is 50.4 Å². The lowest BCUT2D eigenvalue weighted by Gasteiger charge is -2.29. The maximum Gasteiger partial charge on any atom is 0.148 e. The molecular formula is C14H24N4. The first-order valence-electron chi connectivity index (χ1n) is 6.99. The van der Waals surface area contributed by atoms with Crippen LogP contribution in [-0.2, 0) is 0 Å². The molecule has 1 saturated heterocycles. The smallest absolute Gasteiger partial charge is 0.148 e. The molecule has 0 aromatic carbocycles. The van der Waals surface area contributed by atoms with Gasteiger partial charge in [-0.25, -0.2) is 0 Å². The Morgan fingerprint density at radius 2 is 2.11 bits per heavy atom. The van der Waals surface area contributed by atoms with Gasteiger partial charge in [-0.3, -0.25) is 0 Å². The molecule has 1 aliphatic rings. The Kier molecular flexibility index (Phi) is 4.93. The van der Waals surface area contributed by atoms with Gasteiger partial charge in [-0.15, -0.1) is 5.10 Å². The Balaban J connectivity index is 1.72. The Morgan fingerprint density at radius 3 is 2.83 bits per heavy atom. The second kappa shape index (κ2) is 6.69. The van der Waals surface area contributed by atoms with Crippen LogP contribution in [0.3, 0.4) is 0 Å². The highest BCUT2D eigenvalue weighted by molar-refractivity contribution is 5.34. The van der Waals surface area contributed by atoms with Crippen molar-refractivity contribution in [2.45, 2.75) is 33.1 Å². The third-order valence-electron chi connectivity index (χ3n) is 3.44. The summed E-state index contributed by atoms with van der Waals surface area (Å²) in [5, 5.41) is 11.4. The van der Waals surface area contributed by atoms with Gasteiger partial charge in [0.1, 0.15) is 5.82 Å². The van der Waals surface area contributed by atoms with E-state index in [2.05, 4.69) is 27.3 Å². The van der Waals surface area contributed by atoms with Gasteiger partial charge in [0.15, 0.2) is 0 Å². The molecule has 1 N–H and O–H groups in total. The quantitative estimate of drug-likeness (QED) is 0.868. The van der Waals surface area contributed by atoms with Crippen molar-refractivity contribution in [1.29, 1.82) is 0 Å². The van der Waals surface area contributed by atoms with Crippen LogP contribution < -0.4 is 5.32 Å². The van der Waals surface area contributed by atoms with E-state index >= 15 is 0 Å². The van der Waals surface area contributed by atoms with Crippen LogP contribution in [0.25, 0.3) is 0 Å². The number of hydrogen-bond donors (Lipinski definition) is 1. The highest BCUT2D eigenvalue weighted by Gasteiger charge is 2.13. The van der Waals surface area contributed by atoms with Gasteiger partial charge in [0.2, 0.25) is 0 Å². The highest BCUT2D eigenvalue weighted by Crippen LogP contribution is 2.11. The van der Waals surface area contributed by atoms with E-state index in [1.165, 1.54) is 38.9 Å². The number of nitrogens with zero attached hydrogens (tertiary/aromatic N) is 3. The molecule has 100 valence electrons. The Hall–Kier alpha value is -1.16. The number of aromatic nitrogens is 2. The summed E-state index contributed by atoms with van der Waals surface area (Å²) >= 11 is 0. The van der Waals surface area contributed by atoms with E-state index in [1.807, 2.05) is 13.0 Å². The number of hydrogen-bond acceptors (Lipinski definition) is 4. The molecule has 1 fully saturated rings. The van der Waals surface area contributed by atoms with Crippen LogP contribution in [0, 0.1) is 12.8 Å². The lowest BCUT2D eigenvalue weighted by Crippen LogP contribution is -2.35. The van der Waals surface area contributed by atoms with E-state index < -0.39 is 0 Å². The molecule has 0 bridgehead atoms. The number of likely N-dealkylation sites (tertiary alicyclic amines) is 1. The van der Waals surface area contributed by atoms with Crippen molar-refractivity contribution in [3.05, 3.63) is 17.8 Å². The molecule has 4 heteroatoms. The molecule has 1 aliphatic heterocycles. The lowest BCUT2D eigenvalue weighted by molar-refractivity contribution is 0.204. The number of rotatable bonds is 5. The van der Waals surface area contributed by atoms with Crippen LogP contribution in [0.1, 0.15) is 31.7 Å². The minimum atomic E-state index is 0.644. The van der Waals surface area contributed by atoms with E-state index in [9.17, 15) is 0 Å². The molecule has 18 heavy (non-hydrogen) atoms. The summed E-state index contributed by atoms with van der Waals surface area (Å²) in [6, 6.07) is 2.04. The Bertz CT molecular complexity index is 361. The number of aryl methyl sites for hydroxylation is 1. The summed E-state index contributed by atoms with van der Waals surface area (Å²) < 4.78 is 0. The van der Waals surface area contributed by atoms with Crippen LogP contribution in [0.2, 0.25) is 0 Å². The maximum absolute atomic E-state index is 4.08. The van der Waals surface area contributed by atoms with Gasteiger partial charge >= 0.3 is 0 Å². The number of piperidine rings is 1. The summed E-state index contributed by atoms with van der Waals surface area (Å²) in [6.45, 7) is 9.03. The average Bonchev–Trinajstić information content (AvgIpc) is 2.38. The van der Waals surface area contributed by atoms with Crippen LogP contribution in [-0.4, -0.2) is 41.3 Å². The fourth-order valence-electron chi connectivity index (χ4n) is 2.48. The molecule has 0 radical (unpaired) electrons. The van der Waals surface area contributed by atoms with Gasteiger partial charge < -0.3 is 10.2 Å². The summed E-state index contributed by atoms with van der Waals surface area (Å²) in [4.78, 5) is 2.58. The third kappa shape index (κ3) is 4.26. The molecular weight excluding hydrogens is 224 g/mol. The largest absolute Gasteiger partial charge is 0.368 e. The first-order valence-corrected chi connectivity index (χ1v) is 6.99. The molecule has 0 amide bonds. The topological polar surface area (TPSA) is 41.1 Å². The molecule has 1 atom stereocenters. The standard InChI is InChI=1S/C14H24N4/c1-12-8-14(17-16-10-12)15-9-13(2)11-18-6-4-3-5-7-18/h8,10,13H,3-7,9,11H2,1-2H3,(H,15,17). The minimum Gasteiger partial charge on any atom is -0.368 e. The average molecular weight is 248 g/mol. The Labute approximate surface area is 110 Å². The van der Waals surface area contributed by atoms with Crippen molar-refractivity contribution in [2.24, 2.45) is 5.92 Å². The second-order valence-corrected chi connectivity index (χ2v) is 5.47. The molecule has 1 unspecified atom stereocenters. The molecule has 2 rings (SSSR count). The van der Waals surface area contributed by atoms with Crippen molar-refractivity contribution in [2.75, 3.05) is 31.5 Å². The molecule has 2 heterocycles. The monoisotopic (exact) mass is 248 g/mol. The first kappa shape index (κ1) is 13.3. The van der Waals surface area contributed by atoms with Gasteiger partial charge in [-0.1, -0.05) is 13.3 Å². The predicted octanol–water partition coefficient (Wildman–Crippen LogP) is 2.32. The normalized spacial score (nSPS) is 18.6. The summed E-state index contributed by atoms with van der Waals surface area (Å²) in [7, 11) is 0. The van der Waals surface area contributed by atoms with Gasteiger partial charge in [0.25, 0.3) is 0 Å². The summed E-state index contributed by atoms with van der Waals surface area (Å²) in [5.41, 5.74) is 1.15. The van der Waals surface area contributed by atoms with Crippen LogP contribution >= 0.6 is 0 Å². The number of nitrogens with one attached hydrogen (secondary N) is 1. The predicted molar refractivity (Wildman–Crippen MR) is 74.7 cm³/mol. The Morgan fingerprint density at radius 1 is 1.33 bits per heavy atom. The van der Waals surface area contributed by atoms with Crippen molar-refractivity contribution >= 4 is 5.82 Å². The molecule has 1 aromatic heterocycles. The van der Waals surface area contributed by atoms with Crippen LogP contribution in [0.15, 0.2) is 12.3 Å². The molecule has 0 spiro atoms. The number of anilines is 1. The minimum absolute atomic E-state index is 0.644. The van der Waals surface area contributed by atoms with Crippen molar-refractivity contribution in [1.82, 2.24) is 15.1 Å². The summed E-state index contributed by atoms with van der Waals surface area (Å²) in [5.74, 6) is 1.53. The zero-order valence-corrected chi connectivity index (χ0v) is 11.5. The zero-order chi connectivity index (χ0) is 12.8. The van der Waals surface area contributed by atoms with E-state index in [-0.39, 0.29) is 0 Å². The lowest BCUT2D eigenvalue weighted by atomic mass is 10.1. The summed E-state index contributed by atoms with van der Waals surface area (Å²) in [6.07, 6.45) is 5.91. The van der Waals surface area contributed by atoms with Crippen LogP contribution in [0.5, 0.6) is 0 Å². The maximum atomic E-state index is 4.08. The first-order chi connectivity index (χ1) is 8.74. The van der Waals surface area contributed by atoms with Crippen molar-refractivity contribution in [3.63, 3.8) is 0 Å². The second-order valence-electron chi connectivity index (χ2n) is 5.47. The third-order valence-corrected chi connectivity index (χ3v) is 3.44. The van der Waals surface area contributed by atoms with E-state index in [0.29, 0.717) is 5.92 Å². The molecule has 0 aliphatic carbocycles. The SMILES string of the molecule is Cc1cnnc(NCC(C)CN2CCCCC2)c1. The molecule has 4 nitrogen and oxygen atoms in total. The van der Waals surface area contributed by atoms with Crippen molar-refractivity contribution < 1.29 is 0 Å². The van der Waals surface area contributed by atoms with Gasteiger partial charge in [0, 0.05) is 13.1 Å². The van der Waals surface area contributed by atoms with Gasteiger partial charge in [-0.2, -0.15) is 5.10 Å².